The quantitative estimate of drug-likeness (QED) is 0.316. The van der Waals surface area contributed by atoms with Gasteiger partial charge < -0.3 is 10.2 Å². The van der Waals surface area contributed by atoms with Crippen LogP contribution in [0.15, 0.2) is 77.7 Å². The molecule has 0 bridgehead atoms. The van der Waals surface area contributed by atoms with Crippen LogP contribution in [0.4, 0.5) is 10.1 Å². The molecule has 1 unspecified atom stereocenters. The molecule has 1 fully saturated rings. The number of amides is 2. The third kappa shape index (κ3) is 7.13. The van der Waals surface area contributed by atoms with E-state index in [9.17, 15) is 22.4 Å². The topological polar surface area (TPSA) is 86.8 Å². The second-order valence-corrected chi connectivity index (χ2v) is 12.4. The van der Waals surface area contributed by atoms with Crippen LogP contribution in [0.25, 0.3) is 0 Å². The van der Waals surface area contributed by atoms with Gasteiger partial charge in [-0.15, -0.1) is 0 Å². The first-order valence-electron chi connectivity index (χ1n) is 12.9. The molecule has 1 atom stereocenters. The van der Waals surface area contributed by atoms with E-state index in [1.807, 2.05) is 0 Å². The number of carbonyl (C=O) groups is 2. The van der Waals surface area contributed by atoms with Crippen molar-refractivity contribution in [3.63, 3.8) is 0 Å². The molecule has 2 amide bonds. The van der Waals surface area contributed by atoms with Gasteiger partial charge in [-0.3, -0.25) is 13.9 Å². The van der Waals surface area contributed by atoms with Gasteiger partial charge in [-0.1, -0.05) is 66.4 Å². The number of hydrogen-bond donors (Lipinski definition) is 1. The molecule has 0 aliphatic heterocycles. The molecule has 3 aromatic carbocycles. The normalized spacial score (nSPS) is 14.5. The molecule has 0 aromatic heterocycles. The summed E-state index contributed by atoms with van der Waals surface area (Å²) in [6, 6.07) is 16.6. The summed E-state index contributed by atoms with van der Waals surface area (Å²) >= 11 is 12.5. The Bertz CT molecular complexity index is 1450. The smallest absolute Gasteiger partial charge is 0.264 e. The number of halogens is 3. The van der Waals surface area contributed by atoms with Gasteiger partial charge in [-0.05, 0) is 67.8 Å². The largest absolute Gasteiger partial charge is 0.352 e. The molecular weight excluding hydrogens is 576 g/mol. The fourth-order valence-corrected chi connectivity index (χ4v) is 6.69. The first kappa shape index (κ1) is 29.8. The van der Waals surface area contributed by atoms with Crippen molar-refractivity contribution in [2.45, 2.75) is 56.1 Å². The minimum atomic E-state index is -4.25. The van der Waals surface area contributed by atoms with Crippen molar-refractivity contribution in [3.05, 3.63) is 94.2 Å². The molecule has 1 N–H and O–H groups in total. The van der Waals surface area contributed by atoms with Crippen molar-refractivity contribution in [3.8, 4) is 0 Å². The minimum absolute atomic E-state index is 0.0283. The predicted octanol–water partition coefficient (Wildman–Crippen LogP) is 5.80. The number of hydrogen-bond acceptors (Lipinski definition) is 4. The monoisotopic (exact) mass is 605 g/mol. The molecular formula is C29H30Cl2FN3O4S. The maximum Gasteiger partial charge on any atom is 0.264 e. The lowest BCUT2D eigenvalue weighted by atomic mass is 10.1. The van der Waals surface area contributed by atoms with Gasteiger partial charge in [0.25, 0.3) is 10.0 Å². The summed E-state index contributed by atoms with van der Waals surface area (Å²) in [5, 5.41) is 3.34. The van der Waals surface area contributed by atoms with Crippen molar-refractivity contribution in [1.82, 2.24) is 10.2 Å². The number of rotatable bonds is 10. The van der Waals surface area contributed by atoms with E-state index in [-0.39, 0.29) is 34.1 Å². The molecule has 0 spiro atoms. The summed E-state index contributed by atoms with van der Waals surface area (Å²) < 4.78 is 42.1. The average Bonchev–Trinajstić information content (AvgIpc) is 3.45. The van der Waals surface area contributed by atoms with E-state index in [2.05, 4.69) is 5.32 Å². The van der Waals surface area contributed by atoms with Crippen molar-refractivity contribution < 1.29 is 22.4 Å². The Labute approximate surface area is 243 Å². The Kier molecular flexibility index (Phi) is 9.71. The highest BCUT2D eigenvalue weighted by Crippen LogP contribution is 2.33. The van der Waals surface area contributed by atoms with Crippen molar-refractivity contribution in [1.29, 1.82) is 0 Å². The van der Waals surface area contributed by atoms with Crippen LogP contribution in [-0.4, -0.2) is 43.8 Å². The molecule has 11 heteroatoms. The zero-order chi connectivity index (χ0) is 28.9. The number of nitrogens with one attached hydrogen (secondary N) is 1. The van der Waals surface area contributed by atoms with Crippen LogP contribution >= 0.6 is 23.2 Å². The highest BCUT2D eigenvalue weighted by Gasteiger charge is 2.34. The van der Waals surface area contributed by atoms with Crippen LogP contribution in [0.2, 0.25) is 10.0 Å². The van der Waals surface area contributed by atoms with E-state index in [4.69, 9.17) is 23.2 Å². The van der Waals surface area contributed by atoms with Crippen LogP contribution in [-0.2, 0) is 26.2 Å². The Morgan fingerprint density at radius 1 is 1.00 bits per heavy atom. The van der Waals surface area contributed by atoms with Gasteiger partial charge in [0.1, 0.15) is 18.4 Å². The Morgan fingerprint density at radius 3 is 2.27 bits per heavy atom. The van der Waals surface area contributed by atoms with E-state index >= 15 is 0 Å². The molecule has 1 aliphatic carbocycles. The van der Waals surface area contributed by atoms with Crippen LogP contribution in [0.3, 0.4) is 0 Å². The summed E-state index contributed by atoms with van der Waals surface area (Å²) in [5.74, 6) is -1.42. The van der Waals surface area contributed by atoms with Gasteiger partial charge in [0.15, 0.2) is 0 Å². The second kappa shape index (κ2) is 13.0. The zero-order valence-corrected chi connectivity index (χ0v) is 24.2. The molecule has 7 nitrogen and oxygen atoms in total. The summed E-state index contributed by atoms with van der Waals surface area (Å²) in [6.45, 7) is 0.920. The average molecular weight is 607 g/mol. The van der Waals surface area contributed by atoms with Crippen LogP contribution in [0.1, 0.15) is 38.2 Å². The van der Waals surface area contributed by atoms with E-state index in [0.717, 1.165) is 30.0 Å². The number of benzene rings is 3. The van der Waals surface area contributed by atoms with Crippen LogP contribution in [0, 0.1) is 5.82 Å². The maximum absolute atomic E-state index is 13.9. The van der Waals surface area contributed by atoms with Crippen molar-refractivity contribution in [2.24, 2.45) is 0 Å². The number of nitrogens with zero attached hydrogens (tertiary/aromatic N) is 2. The zero-order valence-electron chi connectivity index (χ0n) is 21.9. The van der Waals surface area contributed by atoms with Gasteiger partial charge in [0.05, 0.1) is 15.6 Å². The third-order valence-corrected chi connectivity index (χ3v) is 9.24. The number of sulfonamides is 1. The summed E-state index contributed by atoms with van der Waals surface area (Å²) in [5.41, 5.74) is 0.644. The summed E-state index contributed by atoms with van der Waals surface area (Å²) in [7, 11) is -4.25. The minimum Gasteiger partial charge on any atom is -0.352 e. The highest BCUT2D eigenvalue weighted by atomic mass is 35.5. The predicted molar refractivity (Wildman–Crippen MR) is 154 cm³/mol. The lowest BCUT2D eigenvalue weighted by Gasteiger charge is -2.32. The van der Waals surface area contributed by atoms with E-state index in [1.165, 1.54) is 59.5 Å². The summed E-state index contributed by atoms with van der Waals surface area (Å²) in [4.78, 5) is 28.4. The molecule has 212 valence electrons. The maximum atomic E-state index is 13.9. The lowest BCUT2D eigenvalue weighted by molar-refractivity contribution is -0.139. The molecule has 0 saturated heterocycles. The molecule has 0 radical (unpaired) electrons. The number of carbonyl (C=O) groups excluding carboxylic acids is 2. The Hall–Kier alpha value is -3.14. The fourth-order valence-electron chi connectivity index (χ4n) is 4.68. The first-order valence-corrected chi connectivity index (χ1v) is 15.1. The lowest BCUT2D eigenvalue weighted by Crippen LogP contribution is -2.52. The van der Waals surface area contributed by atoms with Gasteiger partial charge in [0, 0.05) is 17.6 Å². The second-order valence-electron chi connectivity index (χ2n) is 9.73. The van der Waals surface area contributed by atoms with Crippen molar-refractivity contribution in [2.75, 3.05) is 10.8 Å². The molecule has 0 heterocycles. The molecule has 4 rings (SSSR count). The molecule has 1 saturated carbocycles. The molecule has 40 heavy (non-hydrogen) atoms. The summed E-state index contributed by atoms with van der Waals surface area (Å²) in [6.07, 6.45) is 3.77. The van der Waals surface area contributed by atoms with E-state index < -0.39 is 34.3 Å². The molecule has 1 aliphatic rings. The third-order valence-electron chi connectivity index (χ3n) is 6.92. The van der Waals surface area contributed by atoms with Crippen molar-refractivity contribution >= 4 is 50.7 Å². The standard InChI is InChI=1S/C29H30Cl2FN3O4S/c1-20(29(37)33-24-7-5-6-8-24)34(18-21-11-14-23(32)15-12-21)28(36)19-35(27-16-13-22(30)17-26(27)31)40(38,39)25-9-3-2-4-10-25/h2-4,9-17,20,24H,5-8,18-19H2,1H3,(H,33,37). The van der Waals surface area contributed by atoms with Gasteiger partial charge in [-0.25, -0.2) is 12.8 Å². The van der Waals surface area contributed by atoms with Gasteiger partial charge >= 0.3 is 0 Å². The number of anilines is 1. The molecule has 3 aromatic rings. The van der Waals surface area contributed by atoms with E-state index in [1.54, 1.807) is 25.1 Å². The fraction of sp³-hybridized carbons (Fsp3) is 0.310. The van der Waals surface area contributed by atoms with Gasteiger partial charge in [-0.2, -0.15) is 0 Å². The first-order chi connectivity index (χ1) is 19.1. The van der Waals surface area contributed by atoms with E-state index in [0.29, 0.717) is 10.6 Å². The SMILES string of the molecule is CC(C(=O)NC1CCCC1)N(Cc1ccc(F)cc1)C(=O)CN(c1ccc(Cl)cc1Cl)S(=O)(=O)c1ccccc1. The van der Waals surface area contributed by atoms with Gasteiger partial charge in [0.2, 0.25) is 11.8 Å². The highest BCUT2D eigenvalue weighted by molar-refractivity contribution is 7.92. The Balaban J connectivity index is 1.70. The van der Waals surface area contributed by atoms with Crippen LogP contribution in [0.5, 0.6) is 0 Å². The Morgan fingerprint density at radius 2 is 1.65 bits per heavy atom. The van der Waals surface area contributed by atoms with Crippen LogP contribution < -0.4 is 9.62 Å².